The number of benzene rings is 1. The van der Waals surface area contributed by atoms with Gasteiger partial charge in [-0.2, -0.15) is 0 Å². The van der Waals surface area contributed by atoms with E-state index in [1.165, 1.54) is 25.0 Å². The van der Waals surface area contributed by atoms with Crippen LogP contribution in [0.25, 0.3) is 0 Å². The maximum Gasteiger partial charge on any atom is 0.253 e. The molecule has 1 aliphatic carbocycles. The number of carbonyl (C=O) groups is 2. The van der Waals surface area contributed by atoms with Gasteiger partial charge in [-0.1, -0.05) is 0 Å². The Kier molecular flexibility index (Phi) is 4.00. The van der Waals surface area contributed by atoms with Crippen molar-refractivity contribution < 1.29 is 14.0 Å². The van der Waals surface area contributed by atoms with Gasteiger partial charge in [-0.15, -0.1) is 0 Å². The second-order valence-electron chi connectivity index (χ2n) is 8.82. The molecule has 0 bridgehead atoms. The van der Waals surface area contributed by atoms with Crippen molar-refractivity contribution in [1.82, 2.24) is 15.1 Å². The van der Waals surface area contributed by atoms with Gasteiger partial charge >= 0.3 is 0 Å². The third-order valence-corrected chi connectivity index (χ3v) is 7.06. The first-order chi connectivity index (χ1) is 13.0. The van der Waals surface area contributed by atoms with Crippen molar-refractivity contribution in [1.29, 1.82) is 0 Å². The summed E-state index contributed by atoms with van der Waals surface area (Å²) in [6.45, 7) is 4.33. The molecule has 1 aromatic carbocycles. The minimum Gasteiger partial charge on any atom is -0.350 e. The molecular formula is C21H26FN3O2. The fourth-order valence-corrected chi connectivity index (χ4v) is 5.34. The zero-order valence-electron chi connectivity index (χ0n) is 15.5. The number of piperidine rings is 1. The first-order valence-corrected chi connectivity index (χ1v) is 10.1. The van der Waals surface area contributed by atoms with E-state index in [2.05, 4.69) is 10.2 Å². The topological polar surface area (TPSA) is 52.7 Å². The number of nitrogens with zero attached hydrogens (tertiary/aromatic N) is 2. The van der Waals surface area contributed by atoms with Crippen LogP contribution in [0.15, 0.2) is 24.3 Å². The summed E-state index contributed by atoms with van der Waals surface area (Å²) in [4.78, 5) is 29.6. The second-order valence-corrected chi connectivity index (χ2v) is 8.82. The van der Waals surface area contributed by atoms with Crippen LogP contribution in [0.2, 0.25) is 0 Å². The number of nitrogens with one attached hydrogen (secondary N) is 1. The number of rotatable bonds is 3. The molecule has 0 aromatic heterocycles. The van der Waals surface area contributed by atoms with Gasteiger partial charge in [0, 0.05) is 49.7 Å². The van der Waals surface area contributed by atoms with Crippen LogP contribution in [0.1, 0.15) is 36.0 Å². The van der Waals surface area contributed by atoms with Crippen LogP contribution < -0.4 is 5.32 Å². The van der Waals surface area contributed by atoms with Gasteiger partial charge in [-0.25, -0.2) is 4.39 Å². The molecular weight excluding hydrogens is 345 g/mol. The molecule has 1 aromatic rings. The SMILES string of the molecule is O=C1NC2(CCN(C(=O)c3ccc(F)cc3)CC2)[C@H]2CN(CC3CC3)C[C@@H]12. The van der Waals surface area contributed by atoms with Gasteiger partial charge in [0.15, 0.2) is 0 Å². The first kappa shape index (κ1) is 17.2. The van der Waals surface area contributed by atoms with Crippen molar-refractivity contribution in [3.8, 4) is 0 Å². The summed E-state index contributed by atoms with van der Waals surface area (Å²) >= 11 is 0. The number of fused-ring (bicyclic) bond motifs is 2. The smallest absolute Gasteiger partial charge is 0.253 e. The fourth-order valence-electron chi connectivity index (χ4n) is 5.34. The zero-order valence-corrected chi connectivity index (χ0v) is 15.5. The molecule has 6 heteroatoms. The number of amides is 2. The molecule has 5 rings (SSSR count). The summed E-state index contributed by atoms with van der Waals surface area (Å²) in [5.41, 5.74) is 0.372. The Balaban J connectivity index is 1.25. The molecule has 4 fully saturated rings. The molecule has 27 heavy (non-hydrogen) atoms. The van der Waals surface area contributed by atoms with Crippen molar-refractivity contribution >= 4 is 11.8 Å². The molecule has 0 unspecified atom stereocenters. The lowest BCUT2D eigenvalue weighted by molar-refractivity contribution is -0.123. The largest absolute Gasteiger partial charge is 0.350 e. The summed E-state index contributed by atoms with van der Waals surface area (Å²) in [6.07, 6.45) is 4.29. The van der Waals surface area contributed by atoms with E-state index < -0.39 is 0 Å². The van der Waals surface area contributed by atoms with Crippen LogP contribution in [-0.2, 0) is 4.79 Å². The maximum atomic E-state index is 13.1. The van der Waals surface area contributed by atoms with Crippen LogP contribution >= 0.6 is 0 Å². The Bertz CT molecular complexity index is 753. The Labute approximate surface area is 158 Å². The summed E-state index contributed by atoms with van der Waals surface area (Å²) in [7, 11) is 0. The predicted octanol–water partition coefficient (Wildman–Crippen LogP) is 1.89. The van der Waals surface area contributed by atoms with Crippen molar-refractivity contribution in [3.05, 3.63) is 35.6 Å². The molecule has 2 amide bonds. The molecule has 3 saturated heterocycles. The summed E-state index contributed by atoms with van der Waals surface area (Å²) in [6, 6.07) is 5.74. The van der Waals surface area contributed by atoms with E-state index in [0.717, 1.165) is 38.4 Å². The number of hydrogen-bond acceptors (Lipinski definition) is 3. The number of halogens is 1. The predicted molar refractivity (Wildman–Crippen MR) is 98.6 cm³/mol. The van der Waals surface area contributed by atoms with E-state index in [1.807, 2.05) is 4.90 Å². The number of likely N-dealkylation sites (tertiary alicyclic amines) is 2. The average molecular weight is 371 g/mol. The van der Waals surface area contributed by atoms with Crippen LogP contribution in [0.3, 0.4) is 0 Å². The van der Waals surface area contributed by atoms with Gasteiger partial charge in [0.1, 0.15) is 5.82 Å². The zero-order chi connectivity index (χ0) is 18.6. The lowest BCUT2D eigenvalue weighted by Crippen LogP contribution is -2.56. The third kappa shape index (κ3) is 3.04. The standard InChI is InChI=1S/C21H26FN3O2/c22-16-5-3-15(4-6-16)20(27)25-9-7-21(8-10-25)18-13-24(11-14-1-2-14)12-17(18)19(26)23-21/h3-6,14,17-18H,1-2,7-13H2,(H,23,26)/t17-,18+/m1/s1. The quantitative estimate of drug-likeness (QED) is 0.883. The van der Waals surface area contributed by atoms with Crippen LogP contribution in [0.4, 0.5) is 4.39 Å². The van der Waals surface area contributed by atoms with E-state index in [4.69, 9.17) is 0 Å². The van der Waals surface area contributed by atoms with Gasteiger partial charge in [-0.3, -0.25) is 9.59 Å². The Hall–Kier alpha value is -1.95. The van der Waals surface area contributed by atoms with E-state index in [0.29, 0.717) is 24.6 Å². The minimum atomic E-state index is -0.333. The molecule has 3 heterocycles. The van der Waals surface area contributed by atoms with E-state index >= 15 is 0 Å². The molecule has 144 valence electrons. The summed E-state index contributed by atoms with van der Waals surface area (Å²) in [5, 5.41) is 3.31. The second kappa shape index (κ2) is 6.30. The van der Waals surface area contributed by atoms with E-state index in [9.17, 15) is 14.0 Å². The van der Waals surface area contributed by atoms with Crippen molar-refractivity contribution in [2.24, 2.45) is 17.8 Å². The van der Waals surface area contributed by atoms with Crippen LogP contribution in [0.5, 0.6) is 0 Å². The van der Waals surface area contributed by atoms with Gasteiger partial charge in [0.2, 0.25) is 5.91 Å². The Morgan fingerprint density at radius 1 is 1.15 bits per heavy atom. The van der Waals surface area contributed by atoms with Gasteiger partial charge < -0.3 is 15.1 Å². The van der Waals surface area contributed by atoms with Gasteiger partial charge in [0.05, 0.1) is 5.92 Å². The monoisotopic (exact) mass is 371 g/mol. The van der Waals surface area contributed by atoms with Crippen molar-refractivity contribution in [2.75, 3.05) is 32.7 Å². The van der Waals surface area contributed by atoms with Gasteiger partial charge in [0.25, 0.3) is 5.91 Å². The third-order valence-electron chi connectivity index (χ3n) is 7.06. The number of carbonyl (C=O) groups excluding carboxylic acids is 2. The van der Waals surface area contributed by atoms with Crippen molar-refractivity contribution in [3.63, 3.8) is 0 Å². The summed E-state index contributed by atoms with van der Waals surface area (Å²) in [5.74, 6) is 1.15. The highest BCUT2D eigenvalue weighted by Gasteiger charge is 2.57. The highest BCUT2D eigenvalue weighted by atomic mass is 19.1. The highest BCUT2D eigenvalue weighted by Crippen LogP contribution is 2.45. The molecule has 2 atom stereocenters. The Morgan fingerprint density at radius 3 is 2.52 bits per heavy atom. The van der Waals surface area contributed by atoms with E-state index in [-0.39, 0.29) is 29.1 Å². The number of hydrogen-bond donors (Lipinski definition) is 1. The molecule has 3 aliphatic heterocycles. The van der Waals surface area contributed by atoms with Gasteiger partial charge in [-0.05, 0) is 55.9 Å². The van der Waals surface area contributed by atoms with Crippen LogP contribution in [-0.4, -0.2) is 59.9 Å². The molecule has 4 aliphatic rings. The van der Waals surface area contributed by atoms with Crippen LogP contribution in [0, 0.1) is 23.6 Å². The summed E-state index contributed by atoms with van der Waals surface area (Å²) < 4.78 is 13.1. The Morgan fingerprint density at radius 2 is 1.85 bits per heavy atom. The van der Waals surface area contributed by atoms with E-state index in [1.54, 1.807) is 12.1 Å². The normalized spacial score (nSPS) is 29.8. The molecule has 1 N–H and O–H groups in total. The lowest BCUT2D eigenvalue weighted by Gasteiger charge is -2.42. The highest BCUT2D eigenvalue weighted by molar-refractivity contribution is 5.94. The van der Waals surface area contributed by atoms with Crippen molar-refractivity contribution in [2.45, 2.75) is 31.2 Å². The maximum absolute atomic E-state index is 13.1. The average Bonchev–Trinajstić information content (AvgIpc) is 3.31. The lowest BCUT2D eigenvalue weighted by atomic mass is 9.75. The minimum absolute atomic E-state index is 0.0486. The first-order valence-electron chi connectivity index (χ1n) is 10.1. The molecule has 0 radical (unpaired) electrons. The molecule has 5 nitrogen and oxygen atoms in total. The molecule has 1 saturated carbocycles. The molecule has 1 spiro atoms. The fraction of sp³-hybridized carbons (Fsp3) is 0.619.